The lowest BCUT2D eigenvalue weighted by molar-refractivity contribution is 0.624. The summed E-state index contributed by atoms with van der Waals surface area (Å²) in [6.45, 7) is 21.5. The summed E-state index contributed by atoms with van der Waals surface area (Å²) < 4.78 is 13.4. The van der Waals surface area contributed by atoms with Crippen molar-refractivity contribution in [3.05, 3.63) is 95.3 Å². The highest BCUT2D eigenvalue weighted by molar-refractivity contribution is 5.74. The Balaban J connectivity index is 0.00000129. The van der Waals surface area contributed by atoms with Gasteiger partial charge >= 0.3 is 0 Å². The SMILES string of the molecule is C=CC/C(=C\C)c1cc(CCCc2cccc(F)c2)c(C(=C)C)cc1C.CCC.CCCN. The van der Waals surface area contributed by atoms with Crippen molar-refractivity contribution in [1.29, 1.82) is 0 Å². The molecule has 0 saturated heterocycles. The van der Waals surface area contributed by atoms with Gasteiger partial charge < -0.3 is 5.73 Å². The highest BCUT2D eigenvalue weighted by Gasteiger charge is 2.11. The molecule has 182 valence electrons. The van der Waals surface area contributed by atoms with Gasteiger partial charge in [0.1, 0.15) is 5.82 Å². The molecule has 0 unspecified atom stereocenters. The number of halogens is 1. The van der Waals surface area contributed by atoms with E-state index in [0.29, 0.717) is 0 Å². The fourth-order valence-corrected chi connectivity index (χ4v) is 3.42. The van der Waals surface area contributed by atoms with Crippen LogP contribution in [0.5, 0.6) is 0 Å². The molecular weight excluding hydrogens is 405 g/mol. The monoisotopic (exact) mass is 451 g/mol. The van der Waals surface area contributed by atoms with Crippen LogP contribution in [0.4, 0.5) is 4.39 Å². The van der Waals surface area contributed by atoms with Crippen molar-refractivity contribution < 1.29 is 4.39 Å². The zero-order chi connectivity index (χ0) is 25.2. The van der Waals surface area contributed by atoms with E-state index >= 15 is 0 Å². The minimum absolute atomic E-state index is 0.162. The maximum atomic E-state index is 13.4. The first kappa shape index (κ1) is 30.6. The Labute approximate surface area is 203 Å². The summed E-state index contributed by atoms with van der Waals surface area (Å²) in [5, 5.41) is 0. The van der Waals surface area contributed by atoms with Crippen LogP contribution >= 0.6 is 0 Å². The summed E-state index contributed by atoms with van der Waals surface area (Å²) in [5.74, 6) is -0.162. The topological polar surface area (TPSA) is 26.0 Å². The van der Waals surface area contributed by atoms with E-state index in [2.05, 4.69) is 72.9 Å². The Morgan fingerprint density at radius 1 is 1.06 bits per heavy atom. The van der Waals surface area contributed by atoms with Gasteiger partial charge in [0, 0.05) is 0 Å². The van der Waals surface area contributed by atoms with Crippen LogP contribution in [0.2, 0.25) is 0 Å². The quantitative estimate of drug-likeness (QED) is 0.378. The molecular formula is C31H46FN. The molecule has 0 aliphatic heterocycles. The molecule has 2 aromatic rings. The summed E-state index contributed by atoms with van der Waals surface area (Å²) in [6.07, 6.45) is 10.1. The van der Waals surface area contributed by atoms with Gasteiger partial charge in [-0.1, -0.05) is 75.8 Å². The first-order valence-electron chi connectivity index (χ1n) is 12.3. The second kappa shape index (κ2) is 18.0. The lowest BCUT2D eigenvalue weighted by Crippen LogP contribution is -1.99. The van der Waals surface area contributed by atoms with Crippen LogP contribution in [0.15, 0.2) is 61.7 Å². The second-order valence-electron chi connectivity index (χ2n) is 8.39. The summed E-state index contributed by atoms with van der Waals surface area (Å²) in [4.78, 5) is 0. The summed E-state index contributed by atoms with van der Waals surface area (Å²) in [5.41, 5.74) is 13.6. The Hall–Kier alpha value is -2.45. The van der Waals surface area contributed by atoms with E-state index < -0.39 is 0 Å². The van der Waals surface area contributed by atoms with Gasteiger partial charge in [-0.05, 0) is 105 Å². The zero-order valence-corrected chi connectivity index (χ0v) is 21.9. The molecule has 0 spiro atoms. The minimum atomic E-state index is -0.162. The van der Waals surface area contributed by atoms with Crippen LogP contribution in [0.3, 0.4) is 0 Å². The Morgan fingerprint density at radius 3 is 2.18 bits per heavy atom. The number of hydrogen-bond acceptors (Lipinski definition) is 1. The predicted molar refractivity (Wildman–Crippen MR) is 148 cm³/mol. The van der Waals surface area contributed by atoms with Crippen LogP contribution in [0.1, 0.15) is 88.1 Å². The normalized spacial score (nSPS) is 10.5. The maximum absolute atomic E-state index is 13.4. The van der Waals surface area contributed by atoms with E-state index in [1.807, 2.05) is 12.1 Å². The van der Waals surface area contributed by atoms with Gasteiger partial charge in [0.05, 0.1) is 0 Å². The van der Waals surface area contributed by atoms with Crippen molar-refractivity contribution in [3.8, 4) is 0 Å². The zero-order valence-electron chi connectivity index (χ0n) is 21.9. The largest absolute Gasteiger partial charge is 0.330 e. The van der Waals surface area contributed by atoms with Crippen molar-refractivity contribution in [1.82, 2.24) is 0 Å². The average Bonchev–Trinajstić information content (AvgIpc) is 2.79. The van der Waals surface area contributed by atoms with E-state index in [1.54, 1.807) is 12.1 Å². The van der Waals surface area contributed by atoms with E-state index in [-0.39, 0.29) is 5.82 Å². The van der Waals surface area contributed by atoms with Crippen LogP contribution < -0.4 is 5.73 Å². The standard InChI is InChI=1S/C25H29F.C3H9N.C3H8/c1-6-10-21(7-2)25-17-22(24(18(3)4)15-19(25)5)13-8-11-20-12-9-14-23(26)16-20;1-2-3-4;1-3-2/h6-7,9,12,14-17H,1,3,8,10-11,13H2,2,4-5H3;2-4H2,1H3;3H2,1-2H3/b21-7+;;. The third-order valence-corrected chi connectivity index (χ3v) is 5.06. The van der Waals surface area contributed by atoms with Crippen LogP contribution in [-0.4, -0.2) is 6.54 Å². The smallest absolute Gasteiger partial charge is 0.123 e. The molecule has 2 heteroatoms. The fraction of sp³-hybridized carbons (Fsp3) is 0.419. The van der Waals surface area contributed by atoms with Crippen molar-refractivity contribution in [2.24, 2.45) is 5.73 Å². The van der Waals surface area contributed by atoms with Crippen molar-refractivity contribution in [2.45, 2.75) is 80.1 Å². The molecule has 0 amide bonds. The molecule has 0 heterocycles. The van der Waals surface area contributed by atoms with Gasteiger partial charge in [0.15, 0.2) is 0 Å². The second-order valence-corrected chi connectivity index (χ2v) is 8.39. The van der Waals surface area contributed by atoms with Crippen molar-refractivity contribution >= 4 is 11.1 Å². The highest BCUT2D eigenvalue weighted by Crippen LogP contribution is 2.29. The summed E-state index contributed by atoms with van der Waals surface area (Å²) >= 11 is 0. The molecule has 0 radical (unpaired) electrons. The third-order valence-electron chi connectivity index (χ3n) is 5.06. The summed E-state index contributed by atoms with van der Waals surface area (Å²) in [6, 6.07) is 11.5. The number of benzene rings is 2. The van der Waals surface area contributed by atoms with Gasteiger partial charge in [0.2, 0.25) is 0 Å². The Kier molecular flexibility index (Phi) is 16.7. The van der Waals surface area contributed by atoms with Gasteiger partial charge in [-0.15, -0.1) is 6.58 Å². The lowest BCUT2D eigenvalue weighted by atomic mass is 9.88. The average molecular weight is 452 g/mol. The molecule has 0 saturated carbocycles. The van der Waals surface area contributed by atoms with Gasteiger partial charge in [-0.2, -0.15) is 0 Å². The molecule has 2 N–H and O–H groups in total. The minimum Gasteiger partial charge on any atom is -0.330 e. The Bertz CT molecular complexity index is 874. The third kappa shape index (κ3) is 11.8. The molecule has 0 aliphatic rings. The van der Waals surface area contributed by atoms with Gasteiger partial charge in [-0.3, -0.25) is 0 Å². The van der Waals surface area contributed by atoms with E-state index in [1.165, 1.54) is 40.3 Å². The van der Waals surface area contributed by atoms with Crippen LogP contribution in [-0.2, 0) is 12.8 Å². The molecule has 2 aromatic carbocycles. The molecule has 2 rings (SSSR count). The van der Waals surface area contributed by atoms with E-state index in [0.717, 1.165) is 49.8 Å². The molecule has 0 bridgehead atoms. The lowest BCUT2D eigenvalue weighted by Gasteiger charge is -2.16. The molecule has 0 atom stereocenters. The molecule has 33 heavy (non-hydrogen) atoms. The van der Waals surface area contributed by atoms with E-state index in [4.69, 9.17) is 5.73 Å². The first-order valence-corrected chi connectivity index (χ1v) is 12.3. The number of nitrogens with two attached hydrogens (primary N) is 1. The number of aryl methyl sites for hydroxylation is 3. The highest BCUT2D eigenvalue weighted by atomic mass is 19.1. The predicted octanol–water partition coefficient (Wildman–Crippen LogP) is 9.09. The van der Waals surface area contributed by atoms with Crippen LogP contribution in [0.25, 0.3) is 11.1 Å². The van der Waals surface area contributed by atoms with Gasteiger partial charge in [-0.25, -0.2) is 4.39 Å². The van der Waals surface area contributed by atoms with Gasteiger partial charge in [0.25, 0.3) is 0 Å². The molecule has 1 nitrogen and oxygen atoms in total. The first-order chi connectivity index (χ1) is 15.8. The van der Waals surface area contributed by atoms with E-state index in [9.17, 15) is 4.39 Å². The number of hydrogen-bond donors (Lipinski definition) is 1. The Morgan fingerprint density at radius 2 is 1.70 bits per heavy atom. The molecule has 0 aliphatic carbocycles. The summed E-state index contributed by atoms with van der Waals surface area (Å²) in [7, 11) is 0. The van der Waals surface area contributed by atoms with Crippen molar-refractivity contribution in [2.75, 3.05) is 6.54 Å². The number of allylic oxidation sites excluding steroid dienone is 4. The van der Waals surface area contributed by atoms with Crippen molar-refractivity contribution in [3.63, 3.8) is 0 Å². The fourth-order valence-electron chi connectivity index (χ4n) is 3.42. The molecule has 0 fully saturated rings. The number of rotatable bonds is 9. The molecule has 0 aromatic heterocycles. The van der Waals surface area contributed by atoms with Crippen LogP contribution in [0, 0.1) is 12.7 Å². The maximum Gasteiger partial charge on any atom is 0.123 e.